The van der Waals surface area contributed by atoms with Gasteiger partial charge in [-0.2, -0.15) is 0 Å². The van der Waals surface area contributed by atoms with Crippen molar-refractivity contribution in [1.82, 2.24) is 0 Å². The van der Waals surface area contributed by atoms with E-state index in [1.54, 1.807) is 0 Å². The second-order valence-corrected chi connectivity index (χ2v) is 11.8. The van der Waals surface area contributed by atoms with Gasteiger partial charge in [-0.05, 0) is 101 Å². The van der Waals surface area contributed by atoms with Crippen molar-refractivity contribution < 1.29 is 15.4 Å². The Bertz CT molecular complexity index is 3220. The minimum atomic E-state index is -0.430. The van der Waals surface area contributed by atoms with Gasteiger partial charge < -0.3 is 4.42 Å². The van der Waals surface area contributed by atoms with Crippen LogP contribution in [0, 0.1) is 0 Å². The van der Waals surface area contributed by atoms with E-state index in [4.69, 9.17) is 9.90 Å². The average molecular weight is 605 g/mol. The third kappa shape index (κ3) is 3.97. The molecule has 9 aromatic carbocycles. The summed E-state index contributed by atoms with van der Waals surface area (Å²) in [5.74, 6) is 0. The molecule has 0 saturated carbocycles. The maximum Gasteiger partial charge on any atom is 0.136 e. The third-order valence-electron chi connectivity index (χ3n) is 9.26. The van der Waals surface area contributed by atoms with E-state index < -0.39 is 24.2 Å². The van der Waals surface area contributed by atoms with E-state index in [-0.39, 0.29) is 45.7 Å². The van der Waals surface area contributed by atoms with Crippen LogP contribution in [0.5, 0.6) is 0 Å². The second kappa shape index (κ2) is 10.2. The van der Waals surface area contributed by atoms with Gasteiger partial charge >= 0.3 is 0 Å². The van der Waals surface area contributed by atoms with Gasteiger partial charge in [0.25, 0.3) is 0 Å². The first-order chi connectivity index (χ1) is 26.6. The first-order valence-corrected chi connectivity index (χ1v) is 15.5. The van der Waals surface area contributed by atoms with E-state index in [0.29, 0.717) is 27.8 Å². The maximum absolute atomic E-state index is 9.40. The highest BCUT2D eigenvalue weighted by Gasteiger charge is 2.19. The van der Waals surface area contributed by atoms with E-state index in [1.807, 2.05) is 103 Å². The van der Waals surface area contributed by atoms with E-state index in [1.165, 1.54) is 0 Å². The number of hydrogen-bond acceptors (Lipinski definition) is 1. The van der Waals surface area contributed by atoms with Crippen LogP contribution in [-0.4, -0.2) is 0 Å². The molecule has 10 rings (SSSR count). The average Bonchev–Trinajstić information content (AvgIpc) is 3.58. The van der Waals surface area contributed by atoms with Crippen molar-refractivity contribution in [2.24, 2.45) is 0 Å². The van der Waals surface area contributed by atoms with Gasteiger partial charge in [0.2, 0.25) is 0 Å². The molecule has 0 aliphatic rings. The fraction of sp³-hybridized carbons (Fsp3) is 0. The summed E-state index contributed by atoms with van der Waals surface area (Å²) >= 11 is 0. The number of furan rings is 1. The molecule has 0 N–H and O–H groups in total. The molecule has 0 fully saturated rings. The fourth-order valence-electron chi connectivity index (χ4n) is 7.22. The Hall–Kier alpha value is -6.18. The van der Waals surface area contributed by atoms with Crippen LogP contribution in [0.3, 0.4) is 0 Å². The zero-order chi connectivity index (χ0) is 37.9. The summed E-state index contributed by atoms with van der Waals surface area (Å²) in [5.41, 5.74) is 4.96. The molecule has 0 aliphatic heterocycles. The van der Waals surface area contributed by atoms with Gasteiger partial charge in [-0.3, -0.25) is 0 Å². The third-order valence-corrected chi connectivity index (χ3v) is 9.26. The van der Waals surface area contributed by atoms with Crippen LogP contribution in [0.25, 0.3) is 98.4 Å². The van der Waals surface area contributed by atoms with Gasteiger partial charge in [-0.25, -0.2) is 0 Å². The Morgan fingerprint density at radius 1 is 0.383 bits per heavy atom. The normalized spacial score (nSPS) is 14.2. The van der Waals surface area contributed by atoms with E-state index in [9.17, 15) is 5.48 Å². The predicted octanol–water partition coefficient (Wildman–Crippen LogP) is 13.2. The molecule has 0 aliphatic carbocycles. The molecule has 0 bridgehead atoms. The quantitative estimate of drug-likeness (QED) is 0.183. The smallest absolute Gasteiger partial charge is 0.136 e. The van der Waals surface area contributed by atoms with Gasteiger partial charge in [0.05, 0.1) is 11.0 Å². The molecule has 0 atom stereocenters. The predicted molar refractivity (Wildman–Crippen MR) is 200 cm³/mol. The van der Waals surface area contributed by atoms with E-state index >= 15 is 0 Å². The van der Waals surface area contributed by atoms with Crippen LogP contribution >= 0.6 is 0 Å². The first kappa shape index (κ1) is 19.4. The van der Waals surface area contributed by atoms with Crippen molar-refractivity contribution in [1.29, 1.82) is 0 Å². The molecule has 218 valence electrons. The Kier molecular flexibility index (Phi) is 4.19. The molecule has 0 saturated heterocycles. The molecule has 1 heterocycles. The lowest BCUT2D eigenvalue weighted by Crippen LogP contribution is -1.92. The summed E-state index contributed by atoms with van der Waals surface area (Å²) in [5, 5.41) is 6.43. The largest absolute Gasteiger partial charge is 0.456 e. The molecular weight excluding hydrogens is 569 g/mol. The molecular formula is C46H28O. The monoisotopic (exact) mass is 604 g/mol. The van der Waals surface area contributed by atoms with Crippen LogP contribution in [0.1, 0.15) is 11.0 Å². The van der Waals surface area contributed by atoms with Crippen molar-refractivity contribution >= 4 is 65.0 Å². The van der Waals surface area contributed by atoms with Crippen LogP contribution < -0.4 is 0 Å². The van der Waals surface area contributed by atoms with Crippen molar-refractivity contribution in [3.05, 3.63) is 170 Å². The van der Waals surface area contributed by atoms with Gasteiger partial charge in [0.15, 0.2) is 0 Å². The summed E-state index contributed by atoms with van der Waals surface area (Å²) in [6.45, 7) is 0. The topological polar surface area (TPSA) is 13.1 Å². The lowest BCUT2D eigenvalue weighted by Gasteiger charge is -2.19. The SMILES string of the molecule is [2H]c1c([2H])c([2H])c2c(-c3cccc4ccccc34)c3c([2H])c([2H])c([2H])c([2H])c3c(-c3cccc(-c4cccc5oc6cc7ccccc7cc6c45)c3)c2c1[2H]. The van der Waals surface area contributed by atoms with Gasteiger partial charge in [0.1, 0.15) is 11.2 Å². The minimum absolute atomic E-state index is 0.182. The van der Waals surface area contributed by atoms with Crippen molar-refractivity contribution in [3.8, 4) is 33.4 Å². The zero-order valence-corrected chi connectivity index (χ0v) is 25.0. The highest BCUT2D eigenvalue weighted by atomic mass is 16.3. The molecule has 0 unspecified atom stereocenters. The molecule has 47 heavy (non-hydrogen) atoms. The van der Waals surface area contributed by atoms with E-state index in [2.05, 4.69) is 18.2 Å². The summed E-state index contributed by atoms with van der Waals surface area (Å²) in [6.07, 6.45) is 0. The van der Waals surface area contributed by atoms with E-state index in [0.717, 1.165) is 49.0 Å². The second-order valence-electron chi connectivity index (χ2n) is 11.8. The van der Waals surface area contributed by atoms with Crippen molar-refractivity contribution in [2.75, 3.05) is 0 Å². The standard InChI is InChI=1S/C46H28O/c1-2-14-31-28-43-41(27-30(31)13-1)46-35(23-11-25-42(46)47-43)32-16-9-17-33(26-32)44-37-19-5-7-21-39(37)45(40-22-8-6-20-38(40)44)36-24-10-15-29-12-3-4-18-34(29)36/h1-28H/i5D,6D,7D,8D,19D,20D,21D,22D. The summed E-state index contributed by atoms with van der Waals surface area (Å²) in [7, 11) is 0. The summed E-state index contributed by atoms with van der Waals surface area (Å²) in [4.78, 5) is 0. The van der Waals surface area contributed by atoms with Gasteiger partial charge in [-0.1, -0.05) is 145 Å². The lowest BCUT2D eigenvalue weighted by molar-refractivity contribution is 0.669. The lowest BCUT2D eigenvalue weighted by atomic mass is 9.84. The van der Waals surface area contributed by atoms with Crippen LogP contribution in [0.2, 0.25) is 0 Å². The first-order valence-electron chi connectivity index (χ1n) is 19.5. The fourth-order valence-corrected chi connectivity index (χ4v) is 7.22. The Morgan fingerprint density at radius 2 is 0.957 bits per heavy atom. The molecule has 1 aromatic heterocycles. The van der Waals surface area contributed by atoms with Crippen LogP contribution in [0.4, 0.5) is 0 Å². The number of fused-ring (bicyclic) bond motifs is 7. The molecule has 0 radical (unpaired) electrons. The Morgan fingerprint density at radius 3 is 1.72 bits per heavy atom. The molecule has 10 aromatic rings. The maximum atomic E-state index is 9.40. The van der Waals surface area contributed by atoms with Crippen molar-refractivity contribution in [3.63, 3.8) is 0 Å². The number of benzene rings is 9. The molecule has 1 heteroatoms. The minimum Gasteiger partial charge on any atom is -0.456 e. The van der Waals surface area contributed by atoms with Crippen LogP contribution in [0.15, 0.2) is 174 Å². The van der Waals surface area contributed by atoms with Crippen LogP contribution in [-0.2, 0) is 0 Å². The zero-order valence-electron chi connectivity index (χ0n) is 33.0. The van der Waals surface area contributed by atoms with Gasteiger partial charge in [-0.15, -0.1) is 0 Å². The molecule has 0 amide bonds. The number of rotatable bonds is 3. The Labute approximate surface area is 283 Å². The molecule has 0 spiro atoms. The Balaban J connectivity index is 1.37. The highest BCUT2D eigenvalue weighted by molar-refractivity contribution is 6.24. The number of hydrogen-bond donors (Lipinski definition) is 0. The van der Waals surface area contributed by atoms with Crippen molar-refractivity contribution in [2.45, 2.75) is 0 Å². The molecule has 1 nitrogen and oxygen atoms in total. The summed E-state index contributed by atoms with van der Waals surface area (Å²) < 4.78 is 79.2. The van der Waals surface area contributed by atoms with Gasteiger partial charge in [0, 0.05) is 10.8 Å². The highest BCUT2D eigenvalue weighted by Crippen LogP contribution is 2.46. The summed E-state index contributed by atoms with van der Waals surface area (Å²) in [6, 6.07) is 36.2.